The van der Waals surface area contributed by atoms with Crippen molar-refractivity contribution in [3.05, 3.63) is 53.3 Å². The summed E-state index contributed by atoms with van der Waals surface area (Å²) in [6.45, 7) is 3.56. The number of carbonyl (C=O) groups is 1. The molecule has 12 heteroatoms. The first-order valence-corrected chi connectivity index (χ1v) is 12.3. The third-order valence-corrected chi connectivity index (χ3v) is 7.15. The van der Waals surface area contributed by atoms with Crippen molar-refractivity contribution >= 4 is 21.4 Å². The maximum Gasteiger partial charge on any atom is 0.573 e. The number of halogens is 4. The Balaban J connectivity index is 1.75. The zero-order valence-corrected chi connectivity index (χ0v) is 19.2. The normalized spacial score (nSPS) is 15.1. The van der Waals surface area contributed by atoms with Crippen LogP contribution in [0.25, 0.3) is 0 Å². The first-order valence-electron chi connectivity index (χ1n) is 10.7. The number of rotatable bonds is 8. The summed E-state index contributed by atoms with van der Waals surface area (Å²) >= 11 is 0. The second-order valence-electron chi connectivity index (χ2n) is 7.83. The molecule has 0 saturated carbocycles. The molecular formula is C22H25F4N3O4S. The molecule has 3 rings (SSSR count). The topological polar surface area (TPSA) is 87.7 Å². The lowest BCUT2D eigenvalue weighted by atomic mass is 10.1. The van der Waals surface area contributed by atoms with Gasteiger partial charge in [-0.15, -0.1) is 13.2 Å². The molecule has 7 nitrogen and oxygen atoms in total. The van der Waals surface area contributed by atoms with Gasteiger partial charge in [0.25, 0.3) is 5.91 Å². The lowest BCUT2D eigenvalue weighted by Gasteiger charge is -2.26. The van der Waals surface area contributed by atoms with E-state index in [2.05, 4.69) is 20.5 Å². The Morgan fingerprint density at radius 2 is 1.79 bits per heavy atom. The lowest BCUT2D eigenvalue weighted by Crippen LogP contribution is -2.31. The van der Waals surface area contributed by atoms with Gasteiger partial charge >= 0.3 is 6.36 Å². The second-order valence-corrected chi connectivity index (χ2v) is 10.1. The number of anilines is 1. The summed E-state index contributed by atoms with van der Waals surface area (Å²) in [5, 5.41) is 0. The van der Waals surface area contributed by atoms with Crippen LogP contribution in [0.1, 0.15) is 42.1 Å². The van der Waals surface area contributed by atoms with Crippen LogP contribution in [-0.4, -0.2) is 44.4 Å². The Morgan fingerprint density at radius 1 is 1.09 bits per heavy atom. The summed E-state index contributed by atoms with van der Waals surface area (Å²) in [5.41, 5.74) is 4.60. The van der Waals surface area contributed by atoms with Crippen LogP contribution >= 0.6 is 0 Å². The Labute approximate surface area is 195 Å². The van der Waals surface area contributed by atoms with Crippen LogP contribution in [0.2, 0.25) is 0 Å². The van der Waals surface area contributed by atoms with E-state index in [-0.39, 0.29) is 21.9 Å². The van der Waals surface area contributed by atoms with Gasteiger partial charge in [0.1, 0.15) is 11.6 Å². The highest BCUT2D eigenvalue weighted by molar-refractivity contribution is 7.91. The average molecular weight is 504 g/mol. The fourth-order valence-corrected chi connectivity index (χ4v) is 4.63. The molecule has 0 atom stereocenters. The number of hydrogen-bond donors (Lipinski definition) is 2. The van der Waals surface area contributed by atoms with Gasteiger partial charge in [-0.1, -0.05) is 19.4 Å². The summed E-state index contributed by atoms with van der Waals surface area (Å²) < 4.78 is 80.7. The number of carbonyl (C=O) groups excluding carboxylic acids is 1. The number of sulfone groups is 1. The van der Waals surface area contributed by atoms with Crippen molar-refractivity contribution in [1.29, 1.82) is 0 Å². The van der Waals surface area contributed by atoms with E-state index < -0.39 is 33.7 Å². The quantitative estimate of drug-likeness (QED) is 0.414. The molecule has 1 aliphatic heterocycles. The minimum atomic E-state index is -4.99. The Kier molecular flexibility index (Phi) is 8.03. The van der Waals surface area contributed by atoms with E-state index >= 15 is 0 Å². The Morgan fingerprint density at radius 3 is 2.41 bits per heavy atom. The van der Waals surface area contributed by atoms with E-state index in [1.807, 2.05) is 0 Å². The molecule has 0 aromatic heterocycles. The van der Waals surface area contributed by atoms with E-state index in [0.29, 0.717) is 12.1 Å². The van der Waals surface area contributed by atoms with Gasteiger partial charge in [0, 0.05) is 23.7 Å². The molecule has 1 aliphatic rings. The van der Waals surface area contributed by atoms with Gasteiger partial charge in [0.2, 0.25) is 0 Å². The number of hydrazine groups is 1. The summed E-state index contributed by atoms with van der Waals surface area (Å²) in [6, 6.07) is 6.60. The Hall–Kier alpha value is -2.86. The third kappa shape index (κ3) is 6.83. The molecule has 0 radical (unpaired) electrons. The molecule has 2 aromatic carbocycles. The molecule has 1 amide bonds. The number of ether oxygens (including phenoxy) is 1. The van der Waals surface area contributed by atoms with Crippen molar-refractivity contribution in [3.63, 3.8) is 0 Å². The standard InChI is InChI=1S/C22H25F4N3O4S/c1-2-34(31,32)20-9-8-17(33-22(24,25)26)13-19(20)27-28-21(30)15-6-7-16(18(23)12-15)14-29-10-4-3-5-11-29/h6-9,12-13,27H,2-5,10-11,14H2,1H3,(H,28,30). The van der Waals surface area contributed by atoms with Crippen molar-refractivity contribution in [3.8, 4) is 5.75 Å². The molecule has 0 aliphatic carbocycles. The summed E-state index contributed by atoms with van der Waals surface area (Å²) in [6.07, 6.45) is -1.73. The van der Waals surface area contributed by atoms with Gasteiger partial charge in [-0.3, -0.25) is 20.5 Å². The molecule has 0 unspecified atom stereocenters. The van der Waals surface area contributed by atoms with Gasteiger partial charge in [-0.25, -0.2) is 12.8 Å². The van der Waals surface area contributed by atoms with Gasteiger partial charge in [0.05, 0.1) is 16.3 Å². The zero-order chi connectivity index (χ0) is 24.9. The number of nitrogens with one attached hydrogen (secondary N) is 2. The van der Waals surface area contributed by atoms with E-state index in [9.17, 15) is 30.8 Å². The number of piperidine rings is 1. The van der Waals surface area contributed by atoms with Crippen molar-refractivity contribution in [2.45, 2.75) is 44.0 Å². The number of amides is 1. The summed E-state index contributed by atoms with van der Waals surface area (Å²) in [4.78, 5) is 14.3. The molecule has 0 spiro atoms. The van der Waals surface area contributed by atoms with E-state index in [4.69, 9.17) is 0 Å². The smallest absolute Gasteiger partial charge is 0.406 e. The van der Waals surface area contributed by atoms with Crippen molar-refractivity contribution in [2.24, 2.45) is 0 Å². The highest BCUT2D eigenvalue weighted by atomic mass is 32.2. The van der Waals surface area contributed by atoms with Crippen LogP contribution in [0, 0.1) is 5.82 Å². The molecule has 34 heavy (non-hydrogen) atoms. The number of hydrogen-bond acceptors (Lipinski definition) is 6. The fraction of sp³-hybridized carbons (Fsp3) is 0.409. The molecule has 1 heterocycles. The van der Waals surface area contributed by atoms with Crippen molar-refractivity contribution in [2.75, 3.05) is 24.3 Å². The largest absolute Gasteiger partial charge is 0.573 e. The molecule has 0 bridgehead atoms. The SMILES string of the molecule is CCS(=O)(=O)c1ccc(OC(F)(F)F)cc1NNC(=O)c1ccc(CN2CCCCC2)c(F)c1. The lowest BCUT2D eigenvalue weighted by molar-refractivity contribution is -0.274. The molecule has 2 N–H and O–H groups in total. The van der Waals surface area contributed by atoms with Gasteiger partial charge in [-0.05, 0) is 50.2 Å². The fourth-order valence-electron chi connectivity index (χ4n) is 3.60. The monoisotopic (exact) mass is 503 g/mol. The average Bonchev–Trinajstić information content (AvgIpc) is 2.78. The summed E-state index contributed by atoms with van der Waals surface area (Å²) in [7, 11) is -3.84. The van der Waals surface area contributed by atoms with Crippen molar-refractivity contribution < 1.29 is 35.5 Å². The van der Waals surface area contributed by atoms with Crippen LogP contribution in [0.5, 0.6) is 5.75 Å². The molecule has 2 aromatic rings. The van der Waals surface area contributed by atoms with Crippen LogP contribution < -0.4 is 15.6 Å². The highest BCUT2D eigenvalue weighted by Crippen LogP contribution is 2.30. The Bertz CT molecular complexity index is 1130. The zero-order valence-electron chi connectivity index (χ0n) is 18.4. The summed E-state index contributed by atoms with van der Waals surface area (Å²) in [5.74, 6) is -2.36. The predicted octanol–water partition coefficient (Wildman–Crippen LogP) is 4.26. The highest BCUT2D eigenvalue weighted by Gasteiger charge is 2.32. The van der Waals surface area contributed by atoms with Crippen molar-refractivity contribution in [1.82, 2.24) is 10.3 Å². The number of alkyl halides is 3. The molecule has 1 fully saturated rings. The van der Waals surface area contributed by atoms with Crippen LogP contribution in [0.4, 0.5) is 23.2 Å². The minimum absolute atomic E-state index is 0.0463. The number of likely N-dealkylation sites (tertiary alicyclic amines) is 1. The van der Waals surface area contributed by atoms with Gasteiger partial charge in [-0.2, -0.15) is 0 Å². The van der Waals surface area contributed by atoms with E-state index in [1.54, 1.807) is 0 Å². The predicted molar refractivity (Wildman–Crippen MR) is 117 cm³/mol. The molecule has 186 valence electrons. The number of benzene rings is 2. The number of nitrogens with zero attached hydrogens (tertiary/aromatic N) is 1. The maximum absolute atomic E-state index is 14.6. The third-order valence-electron chi connectivity index (χ3n) is 5.37. The second kappa shape index (κ2) is 10.6. The van der Waals surface area contributed by atoms with Crippen LogP contribution in [-0.2, 0) is 16.4 Å². The van der Waals surface area contributed by atoms with E-state index in [0.717, 1.165) is 56.6 Å². The maximum atomic E-state index is 14.6. The molecular weight excluding hydrogens is 478 g/mol. The minimum Gasteiger partial charge on any atom is -0.406 e. The first kappa shape index (κ1) is 25.8. The first-order chi connectivity index (χ1) is 16.0. The van der Waals surface area contributed by atoms with Gasteiger partial charge in [0.15, 0.2) is 9.84 Å². The molecule has 1 saturated heterocycles. The van der Waals surface area contributed by atoms with Crippen LogP contribution in [0.3, 0.4) is 0 Å². The van der Waals surface area contributed by atoms with E-state index in [1.165, 1.54) is 19.1 Å². The van der Waals surface area contributed by atoms with Gasteiger partial charge < -0.3 is 4.74 Å². The van der Waals surface area contributed by atoms with Crippen LogP contribution in [0.15, 0.2) is 41.3 Å².